The summed E-state index contributed by atoms with van der Waals surface area (Å²) in [6.07, 6.45) is 0. The summed E-state index contributed by atoms with van der Waals surface area (Å²) in [4.78, 5) is 27.3. The number of thioether (sulfide) groups is 1. The summed E-state index contributed by atoms with van der Waals surface area (Å²) in [6.45, 7) is 6.83. The average molecular weight is 467 g/mol. The summed E-state index contributed by atoms with van der Waals surface area (Å²) in [5, 5.41) is 3.94. The van der Waals surface area contributed by atoms with Gasteiger partial charge in [-0.1, -0.05) is 73.4 Å². The van der Waals surface area contributed by atoms with E-state index < -0.39 is 6.04 Å². The smallest absolute Gasteiger partial charge is 0.242 e. The van der Waals surface area contributed by atoms with E-state index in [1.165, 1.54) is 11.8 Å². The maximum atomic E-state index is 13.0. The van der Waals surface area contributed by atoms with Crippen LogP contribution in [0.2, 0.25) is 10.0 Å². The van der Waals surface area contributed by atoms with Crippen molar-refractivity contribution in [3.05, 3.63) is 69.7 Å². The van der Waals surface area contributed by atoms with Crippen LogP contribution >= 0.6 is 35.0 Å². The zero-order chi connectivity index (χ0) is 22.1. The van der Waals surface area contributed by atoms with Crippen molar-refractivity contribution >= 4 is 46.8 Å². The summed E-state index contributed by atoms with van der Waals surface area (Å²) in [5.74, 6) is 1.05. The molecule has 1 atom stereocenters. The number of hydrogen-bond acceptors (Lipinski definition) is 3. The number of carbonyl (C=O) groups excluding carboxylic acids is 2. The number of nitrogens with one attached hydrogen (secondary N) is 1. The Balaban J connectivity index is 2.03. The molecule has 0 bridgehead atoms. The third-order valence-corrected chi connectivity index (χ3v) is 6.25. The second-order valence-electron chi connectivity index (χ2n) is 7.56. The Hall–Kier alpha value is -1.69. The molecular weight excluding hydrogens is 439 g/mol. The third-order valence-electron chi connectivity index (χ3n) is 4.53. The van der Waals surface area contributed by atoms with Gasteiger partial charge >= 0.3 is 0 Å². The minimum absolute atomic E-state index is 0.0730. The lowest BCUT2D eigenvalue weighted by molar-refractivity contribution is -0.138. The van der Waals surface area contributed by atoms with Crippen LogP contribution in [0.3, 0.4) is 0 Å². The third kappa shape index (κ3) is 7.86. The number of amides is 2. The van der Waals surface area contributed by atoms with Crippen LogP contribution < -0.4 is 5.32 Å². The van der Waals surface area contributed by atoms with Gasteiger partial charge in [-0.2, -0.15) is 0 Å². The monoisotopic (exact) mass is 466 g/mol. The Kier molecular flexibility index (Phi) is 10.0. The molecule has 0 aliphatic carbocycles. The van der Waals surface area contributed by atoms with E-state index in [1.807, 2.05) is 56.3 Å². The predicted molar refractivity (Wildman–Crippen MR) is 127 cm³/mol. The van der Waals surface area contributed by atoms with Gasteiger partial charge < -0.3 is 10.2 Å². The fourth-order valence-corrected chi connectivity index (χ4v) is 3.96. The quantitative estimate of drug-likeness (QED) is 0.508. The van der Waals surface area contributed by atoms with Crippen molar-refractivity contribution < 1.29 is 9.59 Å². The molecule has 1 N–H and O–H groups in total. The first-order valence-electron chi connectivity index (χ1n) is 9.90. The van der Waals surface area contributed by atoms with E-state index >= 15 is 0 Å². The van der Waals surface area contributed by atoms with Crippen molar-refractivity contribution in [3.63, 3.8) is 0 Å². The van der Waals surface area contributed by atoms with Gasteiger partial charge in [0.05, 0.1) is 15.8 Å². The highest BCUT2D eigenvalue weighted by molar-refractivity contribution is 7.99. The molecule has 2 aromatic carbocycles. The van der Waals surface area contributed by atoms with E-state index in [1.54, 1.807) is 17.9 Å². The lowest BCUT2D eigenvalue weighted by Gasteiger charge is -2.29. The van der Waals surface area contributed by atoms with Gasteiger partial charge in [-0.25, -0.2) is 0 Å². The second kappa shape index (κ2) is 12.2. The van der Waals surface area contributed by atoms with Crippen LogP contribution in [0.25, 0.3) is 0 Å². The van der Waals surface area contributed by atoms with Crippen LogP contribution in [0.5, 0.6) is 0 Å². The largest absolute Gasteiger partial charge is 0.354 e. The fraction of sp³-hybridized carbons (Fsp3) is 0.391. The van der Waals surface area contributed by atoms with Crippen molar-refractivity contribution in [2.75, 3.05) is 12.3 Å². The molecule has 0 radical (unpaired) electrons. The van der Waals surface area contributed by atoms with Crippen LogP contribution in [0, 0.1) is 5.92 Å². The van der Waals surface area contributed by atoms with E-state index in [0.29, 0.717) is 34.8 Å². The van der Waals surface area contributed by atoms with E-state index in [2.05, 4.69) is 5.32 Å². The first kappa shape index (κ1) is 24.6. The van der Waals surface area contributed by atoms with Gasteiger partial charge in [0.25, 0.3) is 0 Å². The molecular formula is C23H28Cl2N2O2S. The fourth-order valence-electron chi connectivity index (χ4n) is 2.78. The number of hydrogen-bond donors (Lipinski definition) is 1. The lowest BCUT2D eigenvalue weighted by atomic mass is 10.1. The van der Waals surface area contributed by atoms with Gasteiger partial charge in [0.15, 0.2) is 0 Å². The molecule has 0 saturated carbocycles. The van der Waals surface area contributed by atoms with E-state index in [9.17, 15) is 9.59 Å². The molecule has 0 fully saturated rings. The van der Waals surface area contributed by atoms with E-state index in [4.69, 9.17) is 23.2 Å². The second-order valence-corrected chi connectivity index (χ2v) is 9.36. The molecule has 4 nitrogen and oxygen atoms in total. The van der Waals surface area contributed by atoms with Crippen molar-refractivity contribution in [1.82, 2.24) is 10.2 Å². The SMILES string of the molecule is CC(C)CNC(=O)[C@@H](C)N(Cc1ccccc1)C(=O)CSCc1ccc(Cl)c(Cl)c1. The minimum atomic E-state index is -0.554. The highest BCUT2D eigenvalue weighted by Crippen LogP contribution is 2.25. The molecule has 7 heteroatoms. The number of rotatable bonds is 10. The molecule has 0 unspecified atom stereocenters. The number of benzene rings is 2. The molecule has 0 saturated heterocycles. The summed E-state index contributed by atoms with van der Waals surface area (Å²) < 4.78 is 0. The van der Waals surface area contributed by atoms with Gasteiger partial charge in [-0.3, -0.25) is 9.59 Å². The molecule has 0 heterocycles. The molecule has 2 rings (SSSR count). The van der Waals surface area contributed by atoms with Gasteiger partial charge in [-0.15, -0.1) is 11.8 Å². The molecule has 0 aromatic heterocycles. The molecule has 0 spiro atoms. The Morgan fingerprint density at radius 2 is 1.70 bits per heavy atom. The number of carbonyl (C=O) groups is 2. The first-order chi connectivity index (χ1) is 14.3. The Morgan fingerprint density at radius 3 is 2.33 bits per heavy atom. The van der Waals surface area contributed by atoms with Gasteiger partial charge in [0.1, 0.15) is 6.04 Å². The van der Waals surface area contributed by atoms with Crippen LogP contribution in [0.4, 0.5) is 0 Å². The van der Waals surface area contributed by atoms with Crippen molar-refractivity contribution in [1.29, 1.82) is 0 Å². The van der Waals surface area contributed by atoms with E-state index in [-0.39, 0.29) is 17.6 Å². The summed E-state index contributed by atoms with van der Waals surface area (Å²) >= 11 is 13.5. The van der Waals surface area contributed by atoms with Crippen molar-refractivity contribution in [3.8, 4) is 0 Å². The maximum absolute atomic E-state index is 13.0. The van der Waals surface area contributed by atoms with Gasteiger partial charge in [-0.05, 0) is 36.1 Å². The molecule has 162 valence electrons. The van der Waals surface area contributed by atoms with Crippen LogP contribution in [-0.2, 0) is 21.9 Å². The van der Waals surface area contributed by atoms with Crippen molar-refractivity contribution in [2.45, 2.75) is 39.1 Å². The highest BCUT2D eigenvalue weighted by Gasteiger charge is 2.26. The normalized spacial score (nSPS) is 11.9. The summed E-state index contributed by atoms with van der Waals surface area (Å²) in [6, 6.07) is 14.6. The zero-order valence-corrected chi connectivity index (χ0v) is 19.9. The molecule has 30 heavy (non-hydrogen) atoms. The number of nitrogens with zero attached hydrogens (tertiary/aromatic N) is 1. The molecule has 2 amide bonds. The van der Waals surface area contributed by atoms with Crippen LogP contribution in [0.15, 0.2) is 48.5 Å². The Bertz CT molecular complexity index is 846. The summed E-state index contributed by atoms with van der Waals surface area (Å²) in [7, 11) is 0. The Morgan fingerprint density at radius 1 is 1.00 bits per heavy atom. The number of halogens is 2. The van der Waals surface area contributed by atoms with Gasteiger partial charge in [0.2, 0.25) is 11.8 Å². The van der Waals surface area contributed by atoms with Crippen molar-refractivity contribution in [2.24, 2.45) is 5.92 Å². The zero-order valence-electron chi connectivity index (χ0n) is 17.5. The topological polar surface area (TPSA) is 49.4 Å². The first-order valence-corrected chi connectivity index (χ1v) is 11.8. The maximum Gasteiger partial charge on any atom is 0.242 e. The van der Waals surface area contributed by atoms with Crippen LogP contribution in [-0.4, -0.2) is 35.1 Å². The molecule has 2 aromatic rings. The molecule has 0 aliphatic rings. The average Bonchev–Trinajstić information content (AvgIpc) is 2.73. The summed E-state index contributed by atoms with van der Waals surface area (Å²) in [5.41, 5.74) is 1.99. The van der Waals surface area contributed by atoms with Gasteiger partial charge in [0, 0.05) is 18.8 Å². The van der Waals surface area contributed by atoms with Crippen LogP contribution in [0.1, 0.15) is 31.9 Å². The van der Waals surface area contributed by atoms with E-state index in [0.717, 1.165) is 11.1 Å². The lowest BCUT2D eigenvalue weighted by Crippen LogP contribution is -2.48. The molecule has 0 aliphatic heterocycles. The highest BCUT2D eigenvalue weighted by atomic mass is 35.5. The standard InChI is InChI=1S/C23H28Cl2N2O2S/c1-16(2)12-26-23(29)17(3)27(13-18-7-5-4-6-8-18)22(28)15-30-14-19-9-10-20(24)21(25)11-19/h4-11,16-17H,12-15H2,1-3H3,(H,26,29)/t17-/m1/s1. The Labute approximate surface area is 193 Å². The minimum Gasteiger partial charge on any atom is -0.354 e. The predicted octanol–water partition coefficient (Wildman–Crippen LogP) is 5.42.